The van der Waals surface area contributed by atoms with Crippen molar-refractivity contribution < 1.29 is 4.74 Å². The van der Waals surface area contributed by atoms with E-state index in [1.54, 1.807) is 11.3 Å². The summed E-state index contributed by atoms with van der Waals surface area (Å²) >= 11 is 7.65. The van der Waals surface area contributed by atoms with Gasteiger partial charge < -0.3 is 10.5 Å². The summed E-state index contributed by atoms with van der Waals surface area (Å²) in [5.41, 5.74) is 8.64. The molecule has 0 radical (unpaired) electrons. The van der Waals surface area contributed by atoms with Crippen molar-refractivity contribution in [3.05, 3.63) is 74.9 Å². The highest BCUT2D eigenvalue weighted by Gasteiger charge is 2.33. The number of hydrogen-bond acceptors (Lipinski definition) is 4. The Bertz CT molecular complexity index is 1030. The van der Waals surface area contributed by atoms with Gasteiger partial charge in [-0.15, -0.1) is 11.3 Å². The minimum absolute atomic E-state index is 0.172. The number of nitrogens with zero attached hydrogens (tertiary/aromatic N) is 1. The monoisotopic (exact) mass is 352 g/mol. The molecule has 118 valence electrons. The summed E-state index contributed by atoms with van der Waals surface area (Å²) in [6.45, 7) is 2.04. The van der Waals surface area contributed by atoms with Crippen molar-refractivity contribution in [2.75, 3.05) is 0 Å². The highest BCUT2D eigenvalue weighted by molar-refractivity contribution is 7.19. The van der Waals surface area contributed by atoms with E-state index in [1.165, 1.54) is 0 Å². The summed E-state index contributed by atoms with van der Waals surface area (Å²) in [4.78, 5) is 1.00. The molecule has 3 aromatic rings. The summed E-state index contributed by atoms with van der Waals surface area (Å²) in [5.74, 6) is 0.704. The number of allylic oxidation sites excluding steroid dienone is 1. The molecule has 2 N–H and O–H groups in total. The first kappa shape index (κ1) is 15.1. The van der Waals surface area contributed by atoms with Crippen LogP contribution >= 0.6 is 22.9 Å². The molecule has 3 nitrogen and oxygen atoms in total. The summed E-state index contributed by atoms with van der Waals surface area (Å²) < 4.78 is 6.96. The maximum Gasteiger partial charge on any atom is 0.205 e. The molecule has 2 aromatic carbocycles. The Labute approximate surface area is 148 Å². The van der Waals surface area contributed by atoms with Crippen LogP contribution in [0, 0.1) is 18.3 Å². The number of rotatable bonds is 1. The maximum atomic E-state index is 9.60. The van der Waals surface area contributed by atoms with E-state index in [2.05, 4.69) is 24.3 Å². The fraction of sp³-hybridized carbons (Fsp3) is 0.105. The number of aryl methyl sites for hydroxylation is 1. The quantitative estimate of drug-likeness (QED) is 0.664. The molecule has 0 saturated carbocycles. The van der Waals surface area contributed by atoms with E-state index in [0.717, 1.165) is 31.8 Å². The van der Waals surface area contributed by atoms with Crippen molar-refractivity contribution >= 4 is 33.0 Å². The van der Waals surface area contributed by atoms with Crippen LogP contribution in [0.15, 0.2) is 53.9 Å². The molecule has 1 aliphatic heterocycles. The first-order valence-corrected chi connectivity index (χ1v) is 8.64. The van der Waals surface area contributed by atoms with Gasteiger partial charge in [-0.2, -0.15) is 5.26 Å². The third-order valence-electron chi connectivity index (χ3n) is 4.18. The first-order chi connectivity index (χ1) is 11.6. The molecule has 0 saturated heterocycles. The zero-order valence-electron chi connectivity index (χ0n) is 12.8. The van der Waals surface area contributed by atoms with Crippen LogP contribution in [0.5, 0.6) is 5.75 Å². The molecule has 0 bridgehead atoms. The number of nitrogens with two attached hydrogens (primary N) is 1. The van der Waals surface area contributed by atoms with Crippen molar-refractivity contribution in [1.29, 1.82) is 5.26 Å². The highest BCUT2D eigenvalue weighted by Crippen LogP contribution is 2.50. The van der Waals surface area contributed by atoms with E-state index in [0.29, 0.717) is 10.6 Å². The largest absolute Gasteiger partial charge is 0.439 e. The van der Waals surface area contributed by atoms with E-state index >= 15 is 0 Å². The van der Waals surface area contributed by atoms with Gasteiger partial charge in [0.1, 0.15) is 11.6 Å². The Morgan fingerprint density at radius 1 is 1.21 bits per heavy atom. The molecule has 24 heavy (non-hydrogen) atoms. The van der Waals surface area contributed by atoms with Crippen molar-refractivity contribution in [2.45, 2.75) is 12.8 Å². The van der Waals surface area contributed by atoms with E-state index in [9.17, 15) is 5.26 Å². The molecule has 1 atom stereocenters. The van der Waals surface area contributed by atoms with Crippen LogP contribution in [0.4, 0.5) is 0 Å². The fourth-order valence-corrected chi connectivity index (χ4v) is 4.41. The summed E-state index contributed by atoms with van der Waals surface area (Å²) in [6, 6.07) is 16.0. The van der Waals surface area contributed by atoms with E-state index < -0.39 is 0 Å². The van der Waals surface area contributed by atoms with Gasteiger partial charge in [0, 0.05) is 15.1 Å². The Kier molecular flexibility index (Phi) is 3.49. The standard InChI is InChI=1S/C19H13ClN2OS/c1-10-2-7-15-13(8-10)17-18(24-15)16(14(9-21)19(22)23-17)11-3-5-12(20)6-4-11/h2-8,16H,22H2,1H3. The normalized spacial score (nSPS) is 16.6. The van der Waals surface area contributed by atoms with Gasteiger partial charge in [0.25, 0.3) is 0 Å². The SMILES string of the molecule is Cc1ccc2sc3c(c2c1)OC(N)=C(C#N)C3c1ccc(Cl)cc1. The third-order valence-corrected chi connectivity index (χ3v) is 5.64. The van der Waals surface area contributed by atoms with Gasteiger partial charge in [-0.05, 0) is 36.8 Å². The molecular weight excluding hydrogens is 340 g/mol. The Balaban J connectivity index is 1.99. The number of ether oxygens (including phenoxy) is 1. The van der Waals surface area contributed by atoms with Crippen LogP contribution in [0.3, 0.4) is 0 Å². The Hall–Kier alpha value is -2.48. The second-order valence-corrected chi connectivity index (χ2v) is 7.29. The molecule has 0 aliphatic carbocycles. The van der Waals surface area contributed by atoms with E-state index in [4.69, 9.17) is 22.1 Å². The second-order valence-electron chi connectivity index (χ2n) is 5.77. The lowest BCUT2D eigenvalue weighted by Crippen LogP contribution is -2.19. The van der Waals surface area contributed by atoms with Crippen LogP contribution in [-0.4, -0.2) is 0 Å². The minimum atomic E-state index is -0.228. The summed E-state index contributed by atoms with van der Waals surface area (Å²) in [7, 11) is 0. The lowest BCUT2D eigenvalue weighted by atomic mass is 9.88. The molecule has 4 rings (SSSR count). The van der Waals surface area contributed by atoms with Crippen LogP contribution in [0.25, 0.3) is 10.1 Å². The fourth-order valence-electron chi connectivity index (χ4n) is 3.03. The predicted molar refractivity (Wildman–Crippen MR) is 97.3 cm³/mol. The van der Waals surface area contributed by atoms with Gasteiger partial charge in [0.15, 0.2) is 5.75 Å². The van der Waals surface area contributed by atoms with Gasteiger partial charge >= 0.3 is 0 Å². The molecule has 1 unspecified atom stereocenters. The van der Waals surface area contributed by atoms with Gasteiger partial charge in [-0.1, -0.05) is 35.4 Å². The number of halogens is 1. The lowest BCUT2D eigenvalue weighted by Gasteiger charge is -2.23. The summed E-state index contributed by atoms with van der Waals surface area (Å²) in [6.07, 6.45) is 0. The zero-order valence-corrected chi connectivity index (χ0v) is 14.4. The topological polar surface area (TPSA) is 59.0 Å². The molecule has 0 fully saturated rings. The van der Waals surface area contributed by atoms with E-state index in [1.807, 2.05) is 31.2 Å². The van der Waals surface area contributed by atoms with Crippen LogP contribution in [0.2, 0.25) is 5.02 Å². The van der Waals surface area contributed by atoms with Gasteiger partial charge in [0.2, 0.25) is 5.88 Å². The van der Waals surface area contributed by atoms with Crippen molar-refractivity contribution in [3.63, 3.8) is 0 Å². The Morgan fingerprint density at radius 2 is 1.96 bits per heavy atom. The smallest absolute Gasteiger partial charge is 0.205 e. The van der Waals surface area contributed by atoms with Crippen LogP contribution < -0.4 is 10.5 Å². The van der Waals surface area contributed by atoms with Crippen molar-refractivity contribution in [3.8, 4) is 11.8 Å². The molecular formula is C19H13ClN2OS. The number of hydrogen-bond donors (Lipinski definition) is 1. The Morgan fingerprint density at radius 3 is 2.67 bits per heavy atom. The molecule has 2 heterocycles. The van der Waals surface area contributed by atoms with E-state index in [-0.39, 0.29) is 11.8 Å². The van der Waals surface area contributed by atoms with Crippen molar-refractivity contribution in [1.82, 2.24) is 0 Å². The molecule has 5 heteroatoms. The summed E-state index contributed by atoms with van der Waals surface area (Å²) in [5, 5.41) is 11.3. The average molecular weight is 353 g/mol. The average Bonchev–Trinajstić information content (AvgIpc) is 2.92. The highest BCUT2D eigenvalue weighted by atomic mass is 35.5. The molecule has 0 amide bonds. The number of thiophene rings is 1. The maximum absolute atomic E-state index is 9.60. The number of benzene rings is 2. The zero-order chi connectivity index (χ0) is 16.8. The first-order valence-electron chi connectivity index (χ1n) is 7.44. The second kappa shape index (κ2) is 5.55. The molecule has 0 spiro atoms. The van der Waals surface area contributed by atoms with Crippen LogP contribution in [-0.2, 0) is 0 Å². The van der Waals surface area contributed by atoms with Crippen LogP contribution in [0.1, 0.15) is 21.9 Å². The number of fused-ring (bicyclic) bond motifs is 3. The van der Waals surface area contributed by atoms with Gasteiger partial charge in [-0.25, -0.2) is 0 Å². The van der Waals surface area contributed by atoms with Gasteiger partial charge in [-0.3, -0.25) is 0 Å². The predicted octanol–water partition coefficient (Wildman–Crippen LogP) is 5.08. The third kappa shape index (κ3) is 2.25. The molecule has 1 aromatic heterocycles. The number of nitriles is 1. The van der Waals surface area contributed by atoms with Crippen molar-refractivity contribution in [2.24, 2.45) is 5.73 Å². The minimum Gasteiger partial charge on any atom is -0.439 e. The lowest BCUT2D eigenvalue weighted by molar-refractivity contribution is 0.401. The van der Waals surface area contributed by atoms with Gasteiger partial charge in [0.05, 0.1) is 10.8 Å². The molecule has 1 aliphatic rings.